The predicted octanol–water partition coefficient (Wildman–Crippen LogP) is 3.55. The summed E-state index contributed by atoms with van der Waals surface area (Å²) in [6, 6.07) is 5.16. The van der Waals surface area contributed by atoms with E-state index in [1.54, 1.807) is 25.3 Å². The van der Waals surface area contributed by atoms with Crippen molar-refractivity contribution in [3.63, 3.8) is 0 Å². The summed E-state index contributed by atoms with van der Waals surface area (Å²) in [5.41, 5.74) is 0.701. The largest absolute Gasteiger partial charge is 0.495 e. The standard InChI is InChI=1S/C16H23ClN2O2/c1-12(19-9-5-3-4-6-10-19)16(20)18-13-7-8-15(21-2)14(17)11-13/h7-8,11-12H,3-6,9-10H2,1-2H3,(H,18,20)/t12-/m1/s1. The van der Waals surface area contributed by atoms with Crippen molar-refractivity contribution < 1.29 is 9.53 Å². The molecule has 0 aliphatic carbocycles. The summed E-state index contributed by atoms with van der Waals surface area (Å²) in [5.74, 6) is 0.619. The Balaban J connectivity index is 1.98. The molecule has 0 radical (unpaired) electrons. The van der Waals surface area contributed by atoms with Gasteiger partial charge in [0, 0.05) is 5.69 Å². The number of likely N-dealkylation sites (tertiary alicyclic amines) is 1. The maximum absolute atomic E-state index is 12.4. The summed E-state index contributed by atoms with van der Waals surface area (Å²) < 4.78 is 5.11. The van der Waals surface area contributed by atoms with Crippen LogP contribution in [-0.4, -0.2) is 37.0 Å². The van der Waals surface area contributed by atoms with E-state index in [-0.39, 0.29) is 11.9 Å². The molecular formula is C16H23ClN2O2. The van der Waals surface area contributed by atoms with Crippen molar-refractivity contribution in [1.82, 2.24) is 4.90 Å². The molecule has 0 bridgehead atoms. The molecule has 0 saturated carbocycles. The smallest absolute Gasteiger partial charge is 0.241 e. The molecule has 2 rings (SSSR count). The van der Waals surface area contributed by atoms with Crippen molar-refractivity contribution in [3.05, 3.63) is 23.2 Å². The van der Waals surface area contributed by atoms with Gasteiger partial charge < -0.3 is 10.1 Å². The van der Waals surface area contributed by atoms with Crippen LogP contribution in [0.25, 0.3) is 0 Å². The third kappa shape index (κ3) is 4.35. The molecule has 5 heteroatoms. The molecule has 1 saturated heterocycles. The molecule has 1 N–H and O–H groups in total. The van der Waals surface area contributed by atoms with E-state index in [0.717, 1.165) is 13.1 Å². The topological polar surface area (TPSA) is 41.6 Å². The molecular weight excluding hydrogens is 288 g/mol. The third-order valence-corrected chi connectivity index (χ3v) is 4.28. The van der Waals surface area contributed by atoms with Gasteiger partial charge in [0.15, 0.2) is 0 Å². The number of carbonyl (C=O) groups excluding carboxylic acids is 1. The second-order valence-electron chi connectivity index (χ2n) is 5.46. The lowest BCUT2D eigenvalue weighted by Gasteiger charge is -2.26. The Morgan fingerprint density at radius 2 is 1.95 bits per heavy atom. The van der Waals surface area contributed by atoms with Crippen molar-refractivity contribution in [2.45, 2.75) is 38.6 Å². The van der Waals surface area contributed by atoms with Crippen LogP contribution in [0.1, 0.15) is 32.6 Å². The molecule has 1 aromatic carbocycles. The Bertz CT molecular complexity index is 485. The molecule has 1 atom stereocenters. The van der Waals surface area contributed by atoms with Crippen molar-refractivity contribution in [3.8, 4) is 5.75 Å². The number of amides is 1. The first-order valence-electron chi connectivity index (χ1n) is 7.50. The number of carbonyl (C=O) groups is 1. The minimum absolute atomic E-state index is 0.0122. The number of methoxy groups -OCH3 is 1. The van der Waals surface area contributed by atoms with E-state index in [4.69, 9.17) is 16.3 Å². The first-order valence-corrected chi connectivity index (χ1v) is 7.88. The molecule has 1 aromatic rings. The third-order valence-electron chi connectivity index (χ3n) is 3.99. The van der Waals surface area contributed by atoms with E-state index in [9.17, 15) is 4.79 Å². The zero-order valence-corrected chi connectivity index (χ0v) is 13.4. The van der Waals surface area contributed by atoms with Crippen molar-refractivity contribution >= 4 is 23.2 Å². The molecule has 4 nitrogen and oxygen atoms in total. The lowest BCUT2D eigenvalue weighted by molar-refractivity contribution is -0.120. The molecule has 0 unspecified atom stereocenters. The zero-order valence-electron chi connectivity index (χ0n) is 12.7. The van der Waals surface area contributed by atoms with Crippen LogP contribution in [0, 0.1) is 0 Å². The Labute approximate surface area is 131 Å². The maximum Gasteiger partial charge on any atom is 0.241 e. The predicted molar refractivity (Wildman–Crippen MR) is 86.1 cm³/mol. The van der Waals surface area contributed by atoms with Gasteiger partial charge in [-0.1, -0.05) is 24.4 Å². The van der Waals surface area contributed by atoms with E-state index >= 15 is 0 Å². The number of nitrogens with one attached hydrogen (secondary N) is 1. The fourth-order valence-corrected chi connectivity index (χ4v) is 2.90. The van der Waals surface area contributed by atoms with Gasteiger partial charge in [-0.15, -0.1) is 0 Å². The molecule has 1 amide bonds. The van der Waals surface area contributed by atoms with E-state index in [0.29, 0.717) is 16.5 Å². The van der Waals surface area contributed by atoms with E-state index < -0.39 is 0 Å². The summed E-state index contributed by atoms with van der Waals surface area (Å²) in [5, 5.41) is 3.43. The molecule has 21 heavy (non-hydrogen) atoms. The molecule has 0 spiro atoms. The number of hydrogen-bond donors (Lipinski definition) is 1. The highest BCUT2D eigenvalue weighted by Gasteiger charge is 2.22. The molecule has 0 aromatic heterocycles. The van der Waals surface area contributed by atoms with Gasteiger partial charge in [-0.05, 0) is 51.1 Å². The minimum Gasteiger partial charge on any atom is -0.495 e. The number of rotatable bonds is 4. The van der Waals surface area contributed by atoms with Gasteiger partial charge in [0.2, 0.25) is 5.91 Å². The molecule has 1 heterocycles. The Morgan fingerprint density at radius 1 is 1.29 bits per heavy atom. The van der Waals surface area contributed by atoms with Crippen LogP contribution in [0.3, 0.4) is 0 Å². The summed E-state index contributed by atoms with van der Waals surface area (Å²) >= 11 is 6.08. The van der Waals surface area contributed by atoms with Crippen LogP contribution >= 0.6 is 11.6 Å². The van der Waals surface area contributed by atoms with Crippen LogP contribution in [0.5, 0.6) is 5.75 Å². The van der Waals surface area contributed by atoms with Gasteiger partial charge in [0.05, 0.1) is 18.2 Å². The fourth-order valence-electron chi connectivity index (χ4n) is 2.64. The van der Waals surface area contributed by atoms with Crippen LogP contribution in [0.2, 0.25) is 5.02 Å². The van der Waals surface area contributed by atoms with Gasteiger partial charge in [-0.25, -0.2) is 0 Å². The number of halogens is 1. The number of ether oxygens (including phenoxy) is 1. The van der Waals surface area contributed by atoms with Crippen molar-refractivity contribution in [2.24, 2.45) is 0 Å². The Hall–Kier alpha value is -1.26. The zero-order chi connectivity index (χ0) is 15.2. The highest BCUT2D eigenvalue weighted by molar-refractivity contribution is 6.32. The summed E-state index contributed by atoms with van der Waals surface area (Å²) in [7, 11) is 1.57. The number of anilines is 1. The van der Waals surface area contributed by atoms with Gasteiger partial charge in [0.1, 0.15) is 5.75 Å². The second-order valence-corrected chi connectivity index (χ2v) is 5.87. The average Bonchev–Trinajstić information content (AvgIpc) is 2.75. The number of hydrogen-bond acceptors (Lipinski definition) is 3. The molecule has 1 aliphatic heterocycles. The molecule has 1 aliphatic rings. The SMILES string of the molecule is COc1ccc(NC(=O)[C@@H](C)N2CCCCCC2)cc1Cl. The van der Waals surface area contributed by atoms with Crippen LogP contribution in [0.15, 0.2) is 18.2 Å². The maximum atomic E-state index is 12.4. The highest BCUT2D eigenvalue weighted by Crippen LogP contribution is 2.27. The van der Waals surface area contributed by atoms with Crippen LogP contribution in [0.4, 0.5) is 5.69 Å². The molecule has 1 fully saturated rings. The Kier molecular flexibility index (Phi) is 5.88. The minimum atomic E-state index is -0.121. The average molecular weight is 311 g/mol. The van der Waals surface area contributed by atoms with Gasteiger partial charge in [0.25, 0.3) is 0 Å². The number of benzene rings is 1. The quantitative estimate of drug-likeness (QED) is 0.924. The lowest BCUT2D eigenvalue weighted by atomic mass is 10.2. The first-order chi connectivity index (χ1) is 10.1. The van der Waals surface area contributed by atoms with Gasteiger partial charge >= 0.3 is 0 Å². The van der Waals surface area contributed by atoms with Gasteiger partial charge in [-0.3, -0.25) is 9.69 Å². The fraction of sp³-hybridized carbons (Fsp3) is 0.562. The Morgan fingerprint density at radius 3 is 2.52 bits per heavy atom. The van der Waals surface area contributed by atoms with Crippen LogP contribution in [-0.2, 0) is 4.79 Å². The number of nitrogens with zero attached hydrogens (tertiary/aromatic N) is 1. The molecule has 116 valence electrons. The van der Waals surface area contributed by atoms with Crippen molar-refractivity contribution in [2.75, 3.05) is 25.5 Å². The van der Waals surface area contributed by atoms with E-state index in [1.807, 2.05) is 6.92 Å². The summed E-state index contributed by atoms with van der Waals surface area (Å²) in [6.45, 7) is 3.96. The van der Waals surface area contributed by atoms with Crippen LogP contribution < -0.4 is 10.1 Å². The first kappa shape index (κ1) is 16.1. The second kappa shape index (κ2) is 7.66. The van der Waals surface area contributed by atoms with E-state index in [2.05, 4.69) is 10.2 Å². The lowest BCUT2D eigenvalue weighted by Crippen LogP contribution is -2.42. The van der Waals surface area contributed by atoms with E-state index in [1.165, 1.54) is 25.7 Å². The van der Waals surface area contributed by atoms with Gasteiger partial charge in [-0.2, -0.15) is 0 Å². The monoisotopic (exact) mass is 310 g/mol. The summed E-state index contributed by atoms with van der Waals surface area (Å²) in [6.07, 6.45) is 4.87. The normalized spacial score (nSPS) is 17.9. The highest BCUT2D eigenvalue weighted by atomic mass is 35.5. The summed E-state index contributed by atoms with van der Waals surface area (Å²) in [4.78, 5) is 14.6. The van der Waals surface area contributed by atoms with Crippen molar-refractivity contribution in [1.29, 1.82) is 0 Å².